The van der Waals surface area contributed by atoms with Gasteiger partial charge in [0.15, 0.2) is 0 Å². The summed E-state index contributed by atoms with van der Waals surface area (Å²) in [5.74, 6) is 0. The maximum Gasteiger partial charge on any atom is 0.345 e. The van der Waals surface area contributed by atoms with E-state index < -0.39 is 0 Å². The number of hydrogen-bond acceptors (Lipinski definition) is 2. The Balaban J connectivity index is 1.98. The van der Waals surface area contributed by atoms with E-state index in [0.717, 1.165) is 40.9 Å². The summed E-state index contributed by atoms with van der Waals surface area (Å²) in [5.41, 5.74) is 5.71. The Bertz CT molecular complexity index is 913. The molecule has 0 unspecified atom stereocenters. The summed E-state index contributed by atoms with van der Waals surface area (Å²) < 4.78 is 0. The predicted octanol–water partition coefficient (Wildman–Crippen LogP) is 3.86. The molecule has 3 aromatic rings. The predicted molar refractivity (Wildman–Crippen MR) is 88.1 cm³/mol. The van der Waals surface area contributed by atoms with Crippen molar-refractivity contribution >= 4 is 11.6 Å². The standard InChI is InChI=1S/C18H13ClN2O/c19-13-8-5-12(6-9-13)16-15-10-7-11-3-1-2-4-14(11)17(15)21-18(22)20-16/h1-6,8-9H,7,10H2,(H,20,21,22). The molecular formula is C18H13ClN2O. The van der Waals surface area contributed by atoms with Crippen LogP contribution in [0.1, 0.15) is 11.1 Å². The Morgan fingerprint density at radius 1 is 1.00 bits per heavy atom. The molecule has 0 atom stereocenters. The van der Waals surface area contributed by atoms with Gasteiger partial charge in [0.2, 0.25) is 0 Å². The fourth-order valence-electron chi connectivity index (χ4n) is 3.06. The van der Waals surface area contributed by atoms with Gasteiger partial charge in [0.05, 0.1) is 11.4 Å². The number of nitrogens with zero attached hydrogens (tertiary/aromatic N) is 1. The SMILES string of the molecule is O=c1nc(-c2ccc(Cl)cc2)c2c([nH]1)-c1ccccc1CC2. The Morgan fingerprint density at radius 2 is 1.77 bits per heavy atom. The van der Waals surface area contributed by atoms with Crippen LogP contribution in [0.4, 0.5) is 0 Å². The minimum absolute atomic E-state index is 0.319. The fourth-order valence-corrected chi connectivity index (χ4v) is 3.19. The lowest BCUT2D eigenvalue weighted by atomic mass is 9.87. The first-order valence-electron chi connectivity index (χ1n) is 7.20. The molecule has 0 radical (unpaired) electrons. The number of hydrogen-bond donors (Lipinski definition) is 1. The minimum atomic E-state index is -0.319. The lowest BCUT2D eigenvalue weighted by Crippen LogP contribution is -2.18. The smallest absolute Gasteiger partial charge is 0.305 e. The zero-order valence-electron chi connectivity index (χ0n) is 11.8. The van der Waals surface area contributed by atoms with E-state index in [0.29, 0.717) is 5.02 Å². The largest absolute Gasteiger partial charge is 0.345 e. The van der Waals surface area contributed by atoms with Crippen molar-refractivity contribution in [1.82, 2.24) is 9.97 Å². The summed E-state index contributed by atoms with van der Waals surface area (Å²) in [6.07, 6.45) is 1.82. The Labute approximate surface area is 132 Å². The molecule has 0 saturated carbocycles. The summed E-state index contributed by atoms with van der Waals surface area (Å²) in [7, 11) is 0. The molecule has 0 fully saturated rings. The van der Waals surface area contributed by atoms with Crippen molar-refractivity contribution in [3.63, 3.8) is 0 Å². The van der Waals surface area contributed by atoms with Gasteiger partial charge < -0.3 is 4.98 Å². The summed E-state index contributed by atoms with van der Waals surface area (Å²) in [4.78, 5) is 19.1. The summed E-state index contributed by atoms with van der Waals surface area (Å²) in [6.45, 7) is 0. The number of nitrogens with one attached hydrogen (secondary N) is 1. The number of halogens is 1. The van der Waals surface area contributed by atoms with Gasteiger partial charge in [0, 0.05) is 21.7 Å². The lowest BCUT2D eigenvalue weighted by Gasteiger charge is -2.21. The van der Waals surface area contributed by atoms with Crippen LogP contribution in [-0.4, -0.2) is 9.97 Å². The van der Waals surface area contributed by atoms with Gasteiger partial charge in [-0.15, -0.1) is 0 Å². The van der Waals surface area contributed by atoms with Gasteiger partial charge in [-0.3, -0.25) is 0 Å². The molecule has 4 heteroatoms. The highest BCUT2D eigenvalue weighted by Gasteiger charge is 2.21. The average molecular weight is 309 g/mol. The second kappa shape index (κ2) is 5.11. The van der Waals surface area contributed by atoms with Gasteiger partial charge in [-0.05, 0) is 30.5 Å². The number of rotatable bonds is 1. The highest BCUT2D eigenvalue weighted by atomic mass is 35.5. The van der Waals surface area contributed by atoms with Gasteiger partial charge >= 0.3 is 5.69 Å². The van der Waals surface area contributed by atoms with Crippen molar-refractivity contribution in [1.29, 1.82) is 0 Å². The van der Waals surface area contributed by atoms with Crippen LogP contribution in [-0.2, 0) is 12.8 Å². The van der Waals surface area contributed by atoms with Gasteiger partial charge in [-0.2, -0.15) is 4.98 Å². The third-order valence-corrected chi connectivity index (χ3v) is 4.33. The topological polar surface area (TPSA) is 45.8 Å². The van der Waals surface area contributed by atoms with Crippen LogP contribution < -0.4 is 5.69 Å². The van der Waals surface area contributed by atoms with Crippen LogP contribution in [0.3, 0.4) is 0 Å². The van der Waals surface area contributed by atoms with Crippen molar-refractivity contribution < 1.29 is 0 Å². The molecule has 3 nitrogen and oxygen atoms in total. The third kappa shape index (κ3) is 2.14. The normalized spacial score (nSPS) is 12.6. The Kier molecular flexibility index (Phi) is 3.09. The van der Waals surface area contributed by atoms with Crippen molar-refractivity contribution in [3.05, 3.63) is 75.2 Å². The molecule has 1 N–H and O–H groups in total. The summed E-state index contributed by atoms with van der Waals surface area (Å²) in [5, 5.41) is 0.674. The average Bonchev–Trinajstić information content (AvgIpc) is 2.55. The van der Waals surface area contributed by atoms with Crippen LogP contribution in [0, 0.1) is 0 Å². The van der Waals surface area contributed by atoms with Gasteiger partial charge in [-0.1, -0.05) is 48.0 Å². The van der Waals surface area contributed by atoms with E-state index in [-0.39, 0.29) is 5.69 Å². The monoisotopic (exact) mass is 308 g/mol. The molecule has 1 aliphatic rings. The highest BCUT2D eigenvalue weighted by molar-refractivity contribution is 6.30. The van der Waals surface area contributed by atoms with E-state index in [2.05, 4.69) is 22.1 Å². The van der Waals surface area contributed by atoms with Crippen molar-refractivity contribution in [2.45, 2.75) is 12.8 Å². The van der Waals surface area contributed by atoms with Crippen molar-refractivity contribution in [2.75, 3.05) is 0 Å². The number of benzene rings is 2. The van der Waals surface area contributed by atoms with Gasteiger partial charge in [-0.25, -0.2) is 4.79 Å². The van der Waals surface area contributed by atoms with Crippen LogP contribution in [0.5, 0.6) is 0 Å². The summed E-state index contributed by atoms with van der Waals surface area (Å²) in [6, 6.07) is 15.6. The van der Waals surface area contributed by atoms with E-state index in [9.17, 15) is 4.79 Å². The number of aromatic amines is 1. The second-order valence-corrected chi connectivity index (χ2v) is 5.84. The van der Waals surface area contributed by atoms with Crippen LogP contribution in [0.15, 0.2) is 53.3 Å². The zero-order chi connectivity index (χ0) is 15.1. The molecule has 0 saturated heterocycles. The maximum absolute atomic E-state index is 12.0. The van der Waals surface area contributed by atoms with E-state index >= 15 is 0 Å². The maximum atomic E-state index is 12.0. The first-order chi connectivity index (χ1) is 10.7. The van der Waals surface area contributed by atoms with Crippen molar-refractivity contribution in [2.24, 2.45) is 0 Å². The number of H-pyrrole nitrogens is 1. The molecule has 0 amide bonds. The van der Waals surface area contributed by atoms with Gasteiger partial charge in [0.25, 0.3) is 0 Å². The molecule has 1 heterocycles. The number of aromatic nitrogens is 2. The molecule has 4 rings (SSSR count). The molecule has 2 aromatic carbocycles. The lowest BCUT2D eigenvalue weighted by molar-refractivity contribution is 0.902. The molecule has 1 aromatic heterocycles. The Morgan fingerprint density at radius 3 is 2.59 bits per heavy atom. The quantitative estimate of drug-likeness (QED) is 0.742. The van der Waals surface area contributed by atoms with Crippen molar-refractivity contribution in [3.8, 4) is 22.5 Å². The molecule has 108 valence electrons. The second-order valence-electron chi connectivity index (χ2n) is 5.41. The molecule has 0 bridgehead atoms. The molecular weight excluding hydrogens is 296 g/mol. The molecule has 0 aliphatic heterocycles. The molecule has 22 heavy (non-hydrogen) atoms. The Hall–Kier alpha value is -2.39. The number of fused-ring (bicyclic) bond motifs is 3. The highest BCUT2D eigenvalue weighted by Crippen LogP contribution is 2.35. The minimum Gasteiger partial charge on any atom is -0.305 e. The first-order valence-corrected chi connectivity index (χ1v) is 7.57. The molecule has 1 aliphatic carbocycles. The third-order valence-electron chi connectivity index (χ3n) is 4.08. The zero-order valence-corrected chi connectivity index (χ0v) is 12.5. The van der Waals surface area contributed by atoms with Crippen LogP contribution >= 0.6 is 11.6 Å². The van der Waals surface area contributed by atoms with Crippen LogP contribution in [0.25, 0.3) is 22.5 Å². The summed E-state index contributed by atoms with van der Waals surface area (Å²) >= 11 is 5.95. The van der Waals surface area contributed by atoms with E-state index in [1.54, 1.807) is 0 Å². The first kappa shape index (κ1) is 13.3. The number of aryl methyl sites for hydroxylation is 1. The van der Waals surface area contributed by atoms with Gasteiger partial charge in [0.1, 0.15) is 0 Å². The molecule has 0 spiro atoms. The van der Waals surface area contributed by atoms with E-state index in [1.165, 1.54) is 5.56 Å². The fraction of sp³-hybridized carbons (Fsp3) is 0.111. The van der Waals surface area contributed by atoms with Crippen LogP contribution in [0.2, 0.25) is 5.02 Å². The van der Waals surface area contributed by atoms with E-state index in [4.69, 9.17) is 11.6 Å². The van der Waals surface area contributed by atoms with E-state index in [1.807, 2.05) is 36.4 Å².